The molecule has 1 saturated heterocycles. The Balaban J connectivity index is 1.82. The first-order valence-electron chi connectivity index (χ1n) is 7.79. The van der Waals surface area contributed by atoms with E-state index in [1.54, 1.807) is 6.26 Å². The van der Waals surface area contributed by atoms with Gasteiger partial charge in [0.2, 0.25) is 5.43 Å². The van der Waals surface area contributed by atoms with Crippen molar-refractivity contribution < 1.29 is 9.52 Å². The average molecular weight is 302 g/mol. The third-order valence-corrected chi connectivity index (χ3v) is 4.37. The molecule has 1 aliphatic heterocycles. The predicted octanol–water partition coefficient (Wildman–Crippen LogP) is 2.43. The van der Waals surface area contributed by atoms with Gasteiger partial charge in [-0.05, 0) is 44.0 Å². The van der Waals surface area contributed by atoms with Gasteiger partial charge in [-0.3, -0.25) is 9.69 Å². The number of rotatable bonds is 4. The molecule has 0 aromatic carbocycles. The van der Waals surface area contributed by atoms with E-state index >= 15 is 0 Å². The van der Waals surface area contributed by atoms with Crippen LogP contribution in [0.3, 0.4) is 0 Å². The van der Waals surface area contributed by atoms with Crippen LogP contribution in [0.4, 0.5) is 0 Å². The summed E-state index contributed by atoms with van der Waals surface area (Å²) in [5, 5.41) is 9.72. The summed E-state index contributed by atoms with van der Waals surface area (Å²) >= 11 is 0. The van der Waals surface area contributed by atoms with Crippen LogP contribution in [0.2, 0.25) is 0 Å². The molecule has 2 aromatic rings. The van der Waals surface area contributed by atoms with Crippen molar-refractivity contribution in [3.63, 3.8) is 0 Å². The van der Waals surface area contributed by atoms with Gasteiger partial charge < -0.3 is 14.1 Å². The van der Waals surface area contributed by atoms with Crippen LogP contribution in [0.5, 0.6) is 5.75 Å². The quantitative estimate of drug-likeness (QED) is 0.942. The third-order valence-electron chi connectivity index (χ3n) is 4.37. The molecule has 0 unspecified atom stereocenters. The first-order chi connectivity index (χ1) is 10.6. The number of furan rings is 1. The Hall–Kier alpha value is -2.01. The number of pyridine rings is 1. The monoisotopic (exact) mass is 302 g/mol. The molecule has 1 aliphatic rings. The standard InChI is InChI=1S/C17H22N2O3/c1-13-4-6-18(7-5-13)10-14-9-16(20)17(21)12-19(14)11-15-3-2-8-22-15/h2-3,8-9,12-13,21H,4-7,10-11H2,1H3. The van der Waals surface area contributed by atoms with E-state index in [1.165, 1.54) is 25.1 Å². The van der Waals surface area contributed by atoms with Gasteiger partial charge in [0.05, 0.1) is 19.0 Å². The highest BCUT2D eigenvalue weighted by molar-refractivity contribution is 5.21. The number of likely N-dealkylation sites (tertiary alicyclic amines) is 1. The number of piperidine rings is 1. The van der Waals surface area contributed by atoms with Gasteiger partial charge in [0.15, 0.2) is 5.75 Å². The van der Waals surface area contributed by atoms with E-state index < -0.39 is 0 Å². The minimum Gasteiger partial charge on any atom is -0.503 e. The van der Waals surface area contributed by atoms with Gasteiger partial charge in [-0.15, -0.1) is 0 Å². The Kier molecular flexibility index (Phi) is 4.34. The van der Waals surface area contributed by atoms with Crippen LogP contribution in [0.25, 0.3) is 0 Å². The highest BCUT2D eigenvalue weighted by atomic mass is 16.3. The zero-order valence-corrected chi connectivity index (χ0v) is 12.9. The molecule has 3 heterocycles. The number of hydrogen-bond donors (Lipinski definition) is 1. The molecule has 0 amide bonds. The molecule has 0 spiro atoms. The summed E-state index contributed by atoms with van der Waals surface area (Å²) in [6.07, 6.45) is 5.52. The number of nitrogens with zero attached hydrogens (tertiary/aromatic N) is 2. The van der Waals surface area contributed by atoms with Crippen molar-refractivity contribution in [3.8, 4) is 5.75 Å². The molecule has 0 radical (unpaired) electrons. The molecule has 2 aromatic heterocycles. The Morgan fingerprint density at radius 3 is 2.77 bits per heavy atom. The predicted molar refractivity (Wildman–Crippen MR) is 83.9 cm³/mol. The van der Waals surface area contributed by atoms with Crippen LogP contribution in [0, 0.1) is 5.92 Å². The molecule has 1 N–H and O–H groups in total. The molecular weight excluding hydrogens is 280 g/mol. The zero-order valence-electron chi connectivity index (χ0n) is 12.9. The van der Waals surface area contributed by atoms with Crippen LogP contribution in [-0.2, 0) is 13.1 Å². The van der Waals surface area contributed by atoms with Crippen molar-refractivity contribution in [3.05, 3.63) is 52.3 Å². The highest BCUT2D eigenvalue weighted by Gasteiger charge is 2.17. The molecule has 1 fully saturated rings. The van der Waals surface area contributed by atoms with Crippen LogP contribution >= 0.6 is 0 Å². The molecular formula is C17H22N2O3. The fraction of sp³-hybridized carbons (Fsp3) is 0.471. The fourth-order valence-corrected chi connectivity index (χ4v) is 2.91. The molecule has 118 valence electrons. The van der Waals surface area contributed by atoms with Crippen molar-refractivity contribution >= 4 is 0 Å². The first kappa shape index (κ1) is 14.9. The Labute approximate surface area is 129 Å². The molecule has 0 aliphatic carbocycles. The maximum Gasteiger partial charge on any atom is 0.223 e. The molecule has 5 heteroatoms. The maximum absolute atomic E-state index is 11.8. The van der Waals surface area contributed by atoms with Crippen LogP contribution in [0.1, 0.15) is 31.2 Å². The van der Waals surface area contributed by atoms with E-state index in [-0.39, 0.29) is 11.2 Å². The number of aromatic nitrogens is 1. The van der Waals surface area contributed by atoms with E-state index in [0.29, 0.717) is 6.54 Å². The minimum atomic E-state index is -0.323. The first-order valence-corrected chi connectivity index (χ1v) is 7.79. The second-order valence-electron chi connectivity index (χ2n) is 6.18. The molecule has 0 bridgehead atoms. The van der Waals surface area contributed by atoms with E-state index in [4.69, 9.17) is 4.42 Å². The van der Waals surface area contributed by atoms with Gasteiger partial charge in [0.1, 0.15) is 5.76 Å². The van der Waals surface area contributed by atoms with Gasteiger partial charge in [0.25, 0.3) is 0 Å². The average Bonchev–Trinajstić information content (AvgIpc) is 2.99. The van der Waals surface area contributed by atoms with Gasteiger partial charge in [0, 0.05) is 18.3 Å². The summed E-state index contributed by atoms with van der Waals surface area (Å²) < 4.78 is 7.27. The second kappa shape index (κ2) is 6.40. The summed E-state index contributed by atoms with van der Waals surface area (Å²) in [6, 6.07) is 5.27. The molecule has 22 heavy (non-hydrogen) atoms. The zero-order chi connectivity index (χ0) is 15.5. The van der Waals surface area contributed by atoms with Crippen molar-refractivity contribution in [2.45, 2.75) is 32.9 Å². The van der Waals surface area contributed by atoms with E-state index in [2.05, 4.69) is 11.8 Å². The Morgan fingerprint density at radius 1 is 1.32 bits per heavy atom. The van der Waals surface area contributed by atoms with Crippen molar-refractivity contribution in [2.75, 3.05) is 13.1 Å². The molecule has 3 rings (SSSR count). The van der Waals surface area contributed by atoms with E-state index in [1.807, 2.05) is 16.7 Å². The van der Waals surface area contributed by atoms with Crippen molar-refractivity contribution in [2.24, 2.45) is 5.92 Å². The SMILES string of the molecule is CC1CCN(Cc2cc(=O)c(O)cn2Cc2ccco2)CC1. The van der Waals surface area contributed by atoms with Crippen LogP contribution in [-0.4, -0.2) is 27.7 Å². The summed E-state index contributed by atoms with van der Waals surface area (Å²) in [6.45, 7) is 5.63. The normalized spacial score (nSPS) is 17.0. The summed E-state index contributed by atoms with van der Waals surface area (Å²) in [7, 11) is 0. The van der Waals surface area contributed by atoms with Crippen molar-refractivity contribution in [1.29, 1.82) is 0 Å². The Bertz CT molecular complexity index is 668. The highest BCUT2D eigenvalue weighted by Crippen LogP contribution is 2.19. The topological polar surface area (TPSA) is 58.6 Å². The van der Waals surface area contributed by atoms with Crippen LogP contribution in [0.15, 0.2) is 39.9 Å². The molecule has 0 saturated carbocycles. The maximum atomic E-state index is 11.8. The van der Waals surface area contributed by atoms with Crippen molar-refractivity contribution in [1.82, 2.24) is 9.47 Å². The molecule has 0 atom stereocenters. The third kappa shape index (κ3) is 3.42. The van der Waals surface area contributed by atoms with Gasteiger partial charge in [-0.2, -0.15) is 0 Å². The Morgan fingerprint density at radius 2 is 2.09 bits per heavy atom. The summed E-state index contributed by atoms with van der Waals surface area (Å²) in [5.41, 5.74) is 0.588. The molecule has 5 nitrogen and oxygen atoms in total. The number of hydrogen-bond acceptors (Lipinski definition) is 4. The van der Waals surface area contributed by atoms with E-state index in [9.17, 15) is 9.90 Å². The number of aromatic hydroxyl groups is 1. The van der Waals surface area contributed by atoms with Gasteiger partial charge in [-0.25, -0.2) is 0 Å². The second-order valence-corrected chi connectivity index (χ2v) is 6.18. The lowest BCUT2D eigenvalue weighted by Crippen LogP contribution is -2.33. The lowest BCUT2D eigenvalue weighted by atomic mass is 9.99. The minimum absolute atomic E-state index is 0.220. The largest absolute Gasteiger partial charge is 0.503 e. The van der Waals surface area contributed by atoms with Gasteiger partial charge >= 0.3 is 0 Å². The van der Waals surface area contributed by atoms with E-state index in [0.717, 1.165) is 37.0 Å². The van der Waals surface area contributed by atoms with Gasteiger partial charge in [-0.1, -0.05) is 6.92 Å². The summed E-state index contributed by atoms with van der Waals surface area (Å²) in [5.74, 6) is 1.36. The lowest BCUT2D eigenvalue weighted by Gasteiger charge is -2.30. The van der Waals surface area contributed by atoms with Crippen LogP contribution < -0.4 is 5.43 Å². The smallest absolute Gasteiger partial charge is 0.223 e. The fourth-order valence-electron chi connectivity index (χ4n) is 2.91. The summed E-state index contributed by atoms with van der Waals surface area (Å²) in [4.78, 5) is 14.1. The lowest BCUT2D eigenvalue weighted by molar-refractivity contribution is 0.181.